The van der Waals surface area contributed by atoms with Gasteiger partial charge in [0, 0.05) is 6.54 Å². The maximum Gasteiger partial charge on any atom is 0.264 e. The third-order valence-corrected chi connectivity index (χ3v) is 6.65. The van der Waals surface area contributed by atoms with E-state index in [0.717, 1.165) is 21.7 Å². The topological polar surface area (TPSA) is 75.7 Å². The van der Waals surface area contributed by atoms with Crippen molar-refractivity contribution in [3.8, 4) is 5.75 Å². The fourth-order valence-electron chi connectivity index (χ4n) is 3.28. The van der Waals surface area contributed by atoms with Crippen LogP contribution in [0.4, 0.5) is 10.1 Å². The van der Waals surface area contributed by atoms with Crippen molar-refractivity contribution in [3.63, 3.8) is 0 Å². The number of sulfonamides is 1. The van der Waals surface area contributed by atoms with Crippen LogP contribution in [0, 0.1) is 5.82 Å². The first-order valence-corrected chi connectivity index (χ1v) is 11.6. The Hall–Kier alpha value is -3.39. The van der Waals surface area contributed by atoms with Gasteiger partial charge in [-0.25, -0.2) is 12.8 Å². The molecule has 0 saturated heterocycles. The lowest BCUT2D eigenvalue weighted by Gasteiger charge is -2.24. The average Bonchev–Trinajstić information content (AvgIpc) is 2.81. The monoisotopic (exact) mass is 456 g/mol. The van der Waals surface area contributed by atoms with E-state index < -0.39 is 28.3 Å². The number of hydrogen-bond acceptors (Lipinski definition) is 4. The second-order valence-electron chi connectivity index (χ2n) is 7.04. The summed E-state index contributed by atoms with van der Waals surface area (Å²) in [4.78, 5) is 12.6. The molecule has 3 aromatic carbocycles. The van der Waals surface area contributed by atoms with E-state index in [9.17, 15) is 17.6 Å². The van der Waals surface area contributed by atoms with Gasteiger partial charge in [-0.1, -0.05) is 48.5 Å². The van der Waals surface area contributed by atoms with Crippen molar-refractivity contribution in [2.75, 3.05) is 24.5 Å². The number of rotatable bonds is 10. The normalized spacial score (nSPS) is 11.1. The zero-order valence-corrected chi connectivity index (χ0v) is 18.5. The number of nitrogens with one attached hydrogen (secondary N) is 1. The lowest BCUT2D eigenvalue weighted by molar-refractivity contribution is -0.119. The molecule has 1 N–H and O–H groups in total. The Kier molecular flexibility index (Phi) is 7.83. The molecule has 1 amide bonds. The van der Waals surface area contributed by atoms with Crippen molar-refractivity contribution in [2.24, 2.45) is 0 Å². The maximum atomic E-state index is 14.5. The van der Waals surface area contributed by atoms with Crippen LogP contribution in [0.25, 0.3) is 0 Å². The first-order chi connectivity index (χ1) is 15.4. The largest absolute Gasteiger partial charge is 0.496 e. The van der Waals surface area contributed by atoms with Crippen molar-refractivity contribution in [2.45, 2.75) is 17.7 Å². The quantitative estimate of drug-likeness (QED) is 0.471. The number of ether oxygens (including phenoxy) is 1. The van der Waals surface area contributed by atoms with Crippen LogP contribution in [0.5, 0.6) is 5.75 Å². The summed E-state index contributed by atoms with van der Waals surface area (Å²) in [5.41, 5.74) is 0.837. The molecule has 0 spiro atoms. The first kappa shape index (κ1) is 23.3. The SMILES string of the molecule is COc1ccccc1CCCNC(=O)CN(c1ccccc1F)S(=O)(=O)c1ccccc1. The molecule has 0 aliphatic heterocycles. The summed E-state index contributed by atoms with van der Waals surface area (Å²) in [5.74, 6) is -0.470. The van der Waals surface area contributed by atoms with Gasteiger partial charge in [-0.15, -0.1) is 0 Å². The van der Waals surface area contributed by atoms with Crippen molar-refractivity contribution >= 4 is 21.6 Å². The second-order valence-corrected chi connectivity index (χ2v) is 8.90. The molecule has 0 aromatic heterocycles. The Morgan fingerprint density at radius 3 is 2.34 bits per heavy atom. The summed E-state index contributed by atoms with van der Waals surface area (Å²) in [6.07, 6.45) is 1.32. The summed E-state index contributed by atoms with van der Waals surface area (Å²) in [6.45, 7) is -0.194. The molecule has 168 valence electrons. The number of carbonyl (C=O) groups excluding carboxylic acids is 1. The van der Waals surface area contributed by atoms with E-state index in [1.165, 1.54) is 30.3 Å². The molecular formula is C24H25FN2O4S. The zero-order valence-electron chi connectivity index (χ0n) is 17.7. The number of aryl methyl sites for hydroxylation is 1. The van der Waals surface area contributed by atoms with Gasteiger partial charge in [0.15, 0.2) is 0 Å². The van der Waals surface area contributed by atoms with Crippen LogP contribution in [-0.2, 0) is 21.2 Å². The van der Waals surface area contributed by atoms with Crippen LogP contribution in [0.1, 0.15) is 12.0 Å². The Morgan fingerprint density at radius 1 is 0.969 bits per heavy atom. The third-order valence-electron chi connectivity index (χ3n) is 4.88. The second kappa shape index (κ2) is 10.8. The van der Waals surface area contributed by atoms with Crippen LogP contribution in [0.3, 0.4) is 0 Å². The molecule has 32 heavy (non-hydrogen) atoms. The number of nitrogens with zero attached hydrogens (tertiary/aromatic N) is 1. The molecule has 0 aliphatic rings. The van der Waals surface area contributed by atoms with Gasteiger partial charge in [0.25, 0.3) is 10.0 Å². The van der Waals surface area contributed by atoms with Crippen molar-refractivity contribution in [3.05, 3.63) is 90.2 Å². The fraction of sp³-hybridized carbons (Fsp3) is 0.208. The van der Waals surface area contributed by atoms with Crippen molar-refractivity contribution < 1.29 is 22.3 Å². The molecule has 0 aliphatic carbocycles. The Morgan fingerprint density at radius 2 is 1.62 bits per heavy atom. The molecule has 0 saturated carbocycles. The van der Waals surface area contributed by atoms with Crippen LogP contribution in [-0.4, -0.2) is 34.5 Å². The van der Waals surface area contributed by atoms with E-state index in [4.69, 9.17) is 4.74 Å². The van der Waals surface area contributed by atoms with Crippen LogP contribution in [0.15, 0.2) is 83.8 Å². The number of carbonyl (C=O) groups is 1. The maximum absolute atomic E-state index is 14.5. The van der Waals surface area contributed by atoms with Gasteiger partial charge in [0.1, 0.15) is 18.1 Å². The summed E-state index contributed by atoms with van der Waals surface area (Å²) in [6, 6.07) is 20.8. The van der Waals surface area contributed by atoms with Gasteiger partial charge in [-0.2, -0.15) is 0 Å². The van der Waals surface area contributed by atoms with Crippen LogP contribution < -0.4 is 14.4 Å². The summed E-state index contributed by atoms with van der Waals surface area (Å²) in [7, 11) is -2.54. The minimum absolute atomic E-state index is 0.0211. The number of methoxy groups -OCH3 is 1. The van der Waals surface area contributed by atoms with Gasteiger partial charge in [0.05, 0.1) is 17.7 Å². The Labute approximate surface area is 187 Å². The number of benzene rings is 3. The van der Waals surface area contributed by atoms with Gasteiger partial charge < -0.3 is 10.1 Å². The highest BCUT2D eigenvalue weighted by Gasteiger charge is 2.28. The number of halogens is 1. The average molecular weight is 457 g/mol. The van der Waals surface area contributed by atoms with E-state index in [-0.39, 0.29) is 10.6 Å². The molecule has 3 rings (SSSR count). The van der Waals surface area contributed by atoms with Gasteiger partial charge >= 0.3 is 0 Å². The van der Waals surface area contributed by atoms with E-state index in [0.29, 0.717) is 19.4 Å². The standard InChI is InChI=1S/C24H25FN2O4S/c1-31-23-16-8-5-10-19(23)11-9-17-26-24(28)18-27(22-15-7-6-14-21(22)25)32(29,30)20-12-3-2-4-13-20/h2-8,10,12-16H,9,11,17-18H2,1H3,(H,26,28). The number of amides is 1. The third kappa shape index (κ3) is 5.64. The minimum Gasteiger partial charge on any atom is -0.496 e. The zero-order chi connectivity index (χ0) is 23.0. The minimum atomic E-state index is -4.14. The molecule has 0 fully saturated rings. The molecule has 6 nitrogen and oxygen atoms in total. The highest BCUT2D eigenvalue weighted by molar-refractivity contribution is 7.92. The lowest BCUT2D eigenvalue weighted by Crippen LogP contribution is -2.41. The summed E-state index contributed by atoms with van der Waals surface area (Å²) < 4.78 is 46.9. The predicted molar refractivity (Wildman–Crippen MR) is 122 cm³/mol. The number of anilines is 1. The van der Waals surface area contributed by atoms with Gasteiger partial charge in [0.2, 0.25) is 5.91 Å². The van der Waals surface area contributed by atoms with E-state index in [1.807, 2.05) is 24.3 Å². The fourth-order valence-corrected chi connectivity index (χ4v) is 4.73. The predicted octanol–water partition coefficient (Wildman–Crippen LogP) is 3.78. The van der Waals surface area contributed by atoms with Gasteiger partial charge in [-0.05, 0) is 48.7 Å². The molecule has 0 atom stereocenters. The Balaban J connectivity index is 1.70. The van der Waals surface area contributed by atoms with E-state index in [2.05, 4.69) is 5.32 Å². The Bertz CT molecular complexity index is 1150. The van der Waals surface area contributed by atoms with Crippen LogP contribution in [0.2, 0.25) is 0 Å². The molecule has 0 unspecified atom stereocenters. The summed E-state index contributed by atoms with van der Waals surface area (Å²) in [5, 5.41) is 2.73. The lowest BCUT2D eigenvalue weighted by atomic mass is 10.1. The smallest absolute Gasteiger partial charge is 0.264 e. The molecule has 3 aromatic rings. The van der Waals surface area contributed by atoms with Crippen molar-refractivity contribution in [1.82, 2.24) is 5.32 Å². The summed E-state index contributed by atoms with van der Waals surface area (Å²) >= 11 is 0. The highest BCUT2D eigenvalue weighted by Crippen LogP contribution is 2.26. The molecule has 8 heteroatoms. The van der Waals surface area contributed by atoms with Crippen molar-refractivity contribution in [1.29, 1.82) is 0 Å². The first-order valence-electron chi connectivity index (χ1n) is 10.1. The molecular weight excluding hydrogens is 431 g/mol. The molecule has 0 bridgehead atoms. The number of para-hydroxylation sites is 2. The number of hydrogen-bond donors (Lipinski definition) is 1. The van der Waals surface area contributed by atoms with Gasteiger partial charge in [-0.3, -0.25) is 9.10 Å². The molecule has 0 heterocycles. The van der Waals surface area contributed by atoms with E-state index >= 15 is 0 Å². The molecule has 0 radical (unpaired) electrons. The van der Waals surface area contributed by atoms with E-state index in [1.54, 1.807) is 25.3 Å². The highest BCUT2D eigenvalue weighted by atomic mass is 32.2. The van der Waals surface area contributed by atoms with Crippen LogP contribution >= 0.6 is 0 Å².